The summed E-state index contributed by atoms with van der Waals surface area (Å²) in [6, 6.07) is 17.6. The topological polar surface area (TPSA) is 102 Å². The molecule has 0 saturated carbocycles. The van der Waals surface area contributed by atoms with Crippen LogP contribution in [0.25, 0.3) is 0 Å². The quantitative estimate of drug-likeness (QED) is 0.308. The van der Waals surface area contributed by atoms with Crippen molar-refractivity contribution in [2.45, 2.75) is 32.4 Å². The van der Waals surface area contributed by atoms with E-state index in [0.29, 0.717) is 23.4 Å². The normalized spacial score (nSPS) is 14.1. The van der Waals surface area contributed by atoms with E-state index in [-0.39, 0.29) is 11.7 Å². The molecule has 4 aromatic rings. The lowest BCUT2D eigenvalue weighted by Crippen LogP contribution is -2.45. The molecule has 0 radical (unpaired) electrons. The predicted octanol–water partition coefficient (Wildman–Crippen LogP) is 4.87. The van der Waals surface area contributed by atoms with E-state index in [0.717, 1.165) is 55.2 Å². The minimum Gasteiger partial charge on any atom is -0.340 e. The number of amides is 1. The number of anilines is 4. The van der Waals surface area contributed by atoms with Gasteiger partial charge in [-0.3, -0.25) is 14.8 Å². The second kappa shape index (κ2) is 11.4. The Morgan fingerprint density at radius 1 is 1.05 bits per heavy atom. The molecule has 3 heterocycles. The minimum atomic E-state index is -0.295. The number of halogens is 1. The Bertz CT molecular complexity index is 1360. The highest BCUT2D eigenvalue weighted by Gasteiger charge is 2.26. The number of rotatable bonds is 8. The maximum absolute atomic E-state index is 13.1. The molecule has 196 valence electrons. The molecule has 2 aromatic carbocycles. The summed E-state index contributed by atoms with van der Waals surface area (Å²) in [4.78, 5) is 26.1. The van der Waals surface area contributed by atoms with Gasteiger partial charge in [-0.2, -0.15) is 10.1 Å². The smallest absolute Gasteiger partial charge is 0.253 e. The number of hydrogen-bond donors (Lipinski definition) is 3. The van der Waals surface area contributed by atoms with Crippen LogP contribution in [0.1, 0.15) is 34.6 Å². The molecular weight excluding hydrogens is 483 g/mol. The molecule has 0 atom stereocenters. The van der Waals surface area contributed by atoms with Gasteiger partial charge in [0, 0.05) is 54.5 Å². The highest BCUT2D eigenvalue weighted by molar-refractivity contribution is 5.94. The number of nitrogens with zero attached hydrogens (tertiary/aromatic N) is 5. The van der Waals surface area contributed by atoms with Crippen LogP contribution in [0.3, 0.4) is 0 Å². The van der Waals surface area contributed by atoms with E-state index in [1.165, 1.54) is 12.1 Å². The van der Waals surface area contributed by atoms with Crippen molar-refractivity contribution >= 4 is 29.0 Å². The number of aromatic nitrogens is 4. The number of likely N-dealkylation sites (tertiary alicyclic amines) is 1. The molecule has 38 heavy (non-hydrogen) atoms. The van der Waals surface area contributed by atoms with Crippen molar-refractivity contribution in [3.8, 4) is 0 Å². The second-order valence-corrected chi connectivity index (χ2v) is 9.58. The van der Waals surface area contributed by atoms with Gasteiger partial charge in [0.15, 0.2) is 0 Å². The summed E-state index contributed by atoms with van der Waals surface area (Å²) < 4.78 is 13.1. The number of hydrogen-bond acceptors (Lipinski definition) is 7. The van der Waals surface area contributed by atoms with E-state index < -0.39 is 0 Å². The Morgan fingerprint density at radius 2 is 1.74 bits per heavy atom. The fraction of sp³-hybridized carbons (Fsp3) is 0.286. The summed E-state index contributed by atoms with van der Waals surface area (Å²) in [5.74, 6) is 0.736. The maximum atomic E-state index is 13.1. The number of H-pyrrole nitrogens is 1. The van der Waals surface area contributed by atoms with E-state index in [9.17, 15) is 9.18 Å². The van der Waals surface area contributed by atoms with E-state index in [1.807, 2.05) is 36.1 Å². The number of piperidine rings is 1. The van der Waals surface area contributed by atoms with Crippen LogP contribution in [0.5, 0.6) is 0 Å². The van der Waals surface area contributed by atoms with E-state index >= 15 is 0 Å². The average Bonchev–Trinajstić information content (AvgIpc) is 3.34. The van der Waals surface area contributed by atoms with E-state index in [4.69, 9.17) is 0 Å². The molecule has 1 fully saturated rings. The van der Waals surface area contributed by atoms with Crippen molar-refractivity contribution < 1.29 is 9.18 Å². The number of aromatic amines is 1. The van der Waals surface area contributed by atoms with Gasteiger partial charge in [0.05, 0.1) is 5.69 Å². The number of carbonyl (C=O) groups is 1. The van der Waals surface area contributed by atoms with Gasteiger partial charge in [-0.1, -0.05) is 0 Å². The lowest BCUT2D eigenvalue weighted by atomic mass is 10.0. The van der Waals surface area contributed by atoms with Gasteiger partial charge in [-0.25, -0.2) is 9.37 Å². The highest BCUT2D eigenvalue weighted by Crippen LogP contribution is 2.21. The molecule has 1 aliphatic heterocycles. The lowest BCUT2D eigenvalue weighted by Gasteiger charge is -2.36. The zero-order chi connectivity index (χ0) is 26.5. The maximum Gasteiger partial charge on any atom is 0.253 e. The summed E-state index contributed by atoms with van der Waals surface area (Å²) in [5, 5.41) is 13.6. The second-order valence-electron chi connectivity index (χ2n) is 9.58. The number of aryl methyl sites for hydroxylation is 1. The number of carbonyl (C=O) groups excluding carboxylic acids is 1. The van der Waals surface area contributed by atoms with Crippen molar-refractivity contribution in [2.24, 2.45) is 0 Å². The third kappa shape index (κ3) is 6.33. The van der Waals surface area contributed by atoms with Crippen LogP contribution in [0.4, 0.5) is 27.5 Å². The first-order valence-electron chi connectivity index (χ1n) is 12.7. The zero-order valence-electron chi connectivity index (χ0n) is 21.5. The van der Waals surface area contributed by atoms with Crippen LogP contribution < -0.4 is 10.6 Å². The molecule has 0 unspecified atom stereocenters. The highest BCUT2D eigenvalue weighted by atomic mass is 19.1. The van der Waals surface area contributed by atoms with Crippen LogP contribution in [-0.4, -0.2) is 62.1 Å². The van der Waals surface area contributed by atoms with Crippen molar-refractivity contribution in [3.63, 3.8) is 0 Å². The minimum absolute atomic E-state index is 0.0438. The molecule has 2 aromatic heterocycles. The summed E-state index contributed by atoms with van der Waals surface area (Å²) >= 11 is 0. The third-order valence-electron chi connectivity index (χ3n) is 6.71. The summed E-state index contributed by atoms with van der Waals surface area (Å²) in [5.41, 5.74) is 4.26. The SMILES string of the molecule is Cc1cc(CN(C)C2CCN(C(=O)c3ccc(Nc4nccc(Nc5ccc(F)cc5)n4)cc3)CC2)n[nH]1. The van der Waals surface area contributed by atoms with Crippen LogP contribution in [0.2, 0.25) is 0 Å². The largest absolute Gasteiger partial charge is 0.340 e. The molecule has 1 amide bonds. The van der Waals surface area contributed by atoms with Crippen LogP contribution in [0, 0.1) is 12.7 Å². The van der Waals surface area contributed by atoms with Gasteiger partial charge < -0.3 is 15.5 Å². The van der Waals surface area contributed by atoms with Gasteiger partial charge in [0.1, 0.15) is 11.6 Å². The molecule has 1 saturated heterocycles. The molecule has 9 nitrogen and oxygen atoms in total. The summed E-state index contributed by atoms with van der Waals surface area (Å²) in [6.07, 6.45) is 3.51. The molecule has 0 spiro atoms. The van der Waals surface area contributed by atoms with Gasteiger partial charge >= 0.3 is 0 Å². The van der Waals surface area contributed by atoms with Crippen molar-refractivity contribution in [2.75, 3.05) is 30.8 Å². The first-order valence-corrected chi connectivity index (χ1v) is 12.7. The predicted molar refractivity (Wildman–Crippen MR) is 145 cm³/mol. The van der Waals surface area contributed by atoms with Crippen molar-refractivity contribution in [1.82, 2.24) is 30.0 Å². The Kier molecular flexibility index (Phi) is 7.60. The Labute approximate surface area is 221 Å². The molecule has 3 N–H and O–H groups in total. The first kappa shape index (κ1) is 25.3. The standard InChI is InChI=1S/C28H31FN8O/c1-19-17-24(35-34-19)18-36(2)25-12-15-37(16-13-25)27(38)20-3-7-23(8-4-20)32-28-30-14-11-26(33-28)31-22-9-5-21(29)6-10-22/h3-11,14,17,25H,12-13,15-16,18H2,1-2H3,(H,34,35)(H2,30,31,32,33). The van der Waals surface area contributed by atoms with Gasteiger partial charge in [-0.15, -0.1) is 0 Å². The molecular formula is C28H31FN8O. The molecule has 10 heteroatoms. The number of nitrogens with one attached hydrogen (secondary N) is 3. The molecule has 1 aliphatic rings. The Morgan fingerprint density at radius 3 is 2.42 bits per heavy atom. The van der Waals surface area contributed by atoms with Gasteiger partial charge in [0.2, 0.25) is 5.95 Å². The monoisotopic (exact) mass is 514 g/mol. The Balaban J connectivity index is 1.13. The lowest BCUT2D eigenvalue weighted by molar-refractivity contribution is 0.0638. The van der Waals surface area contributed by atoms with Crippen LogP contribution in [-0.2, 0) is 6.54 Å². The van der Waals surface area contributed by atoms with Crippen molar-refractivity contribution in [1.29, 1.82) is 0 Å². The fourth-order valence-electron chi connectivity index (χ4n) is 4.63. The summed E-state index contributed by atoms with van der Waals surface area (Å²) in [6.45, 7) is 4.26. The van der Waals surface area contributed by atoms with Crippen molar-refractivity contribution in [3.05, 3.63) is 89.6 Å². The first-order chi connectivity index (χ1) is 18.4. The zero-order valence-corrected chi connectivity index (χ0v) is 21.5. The third-order valence-corrected chi connectivity index (χ3v) is 6.71. The number of benzene rings is 2. The fourth-order valence-corrected chi connectivity index (χ4v) is 4.63. The van der Waals surface area contributed by atoms with E-state index in [1.54, 1.807) is 24.4 Å². The van der Waals surface area contributed by atoms with Crippen LogP contribution >= 0.6 is 0 Å². The molecule has 0 bridgehead atoms. The van der Waals surface area contributed by atoms with E-state index in [2.05, 4.69) is 48.8 Å². The Hall–Kier alpha value is -4.31. The van der Waals surface area contributed by atoms with Gasteiger partial charge in [-0.05, 0) is 87.5 Å². The molecule has 5 rings (SSSR count). The average molecular weight is 515 g/mol. The summed E-state index contributed by atoms with van der Waals surface area (Å²) in [7, 11) is 2.12. The van der Waals surface area contributed by atoms with Gasteiger partial charge in [0.25, 0.3) is 5.91 Å². The molecule has 0 aliphatic carbocycles. The van der Waals surface area contributed by atoms with Crippen LogP contribution in [0.15, 0.2) is 66.9 Å².